The molecular weight excluding hydrogens is 588 g/mol. The zero-order valence-corrected chi connectivity index (χ0v) is 24.5. The van der Waals surface area contributed by atoms with E-state index in [1.165, 1.54) is 36.6 Å². The highest BCUT2D eigenvalue weighted by Crippen LogP contribution is 2.33. The number of aromatic nitrogens is 1. The van der Waals surface area contributed by atoms with Crippen LogP contribution in [0.15, 0.2) is 41.8 Å². The third-order valence-corrected chi connectivity index (χ3v) is 7.26. The second-order valence-electron chi connectivity index (χ2n) is 8.95. The summed E-state index contributed by atoms with van der Waals surface area (Å²) < 4.78 is 20.8. The maximum Gasteiger partial charge on any atom is 0.306 e. The van der Waals surface area contributed by atoms with Gasteiger partial charge in [0.1, 0.15) is 11.5 Å². The first kappa shape index (κ1) is 30.8. The summed E-state index contributed by atoms with van der Waals surface area (Å²) in [5.41, 5.74) is 1.62. The number of nitrogens with zero attached hydrogens (tertiary/aromatic N) is 2. The van der Waals surface area contributed by atoms with E-state index in [1.807, 2.05) is 0 Å². The van der Waals surface area contributed by atoms with E-state index in [4.69, 9.17) is 25.8 Å². The summed E-state index contributed by atoms with van der Waals surface area (Å²) in [5.74, 6) is -0.964. The lowest BCUT2D eigenvalue weighted by Gasteiger charge is -2.26. The maximum atomic E-state index is 13.1. The van der Waals surface area contributed by atoms with Gasteiger partial charge in [0, 0.05) is 36.0 Å². The number of amides is 3. The van der Waals surface area contributed by atoms with Crippen LogP contribution in [0.3, 0.4) is 0 Å². The molecule has 1 saturated heterocycles. The molecule has 0 atom stereocenters. The second kappa shape index (κ2) is 14.6. The minimum atomic E-state index is -0.537. The van der Waals surface area contributed by atoms with Crippen LogP contribution in [0.2, 0.25) is 5.02 Å². The summed E-state index contributed by atoms with van der Waals surface area (Å²) in [7, 11) is 2.78. The zero-order valence-electron chi connectivity index (χ0n) is 22.9. The van der Waals surface area contributed by atoms with E-state index >= 15 is 0 Å². The normalized spacial score (nSPS) is 12.8. The van der Waals surface area contributed by atoms with E-state index in [0.717, 1.165) is 0 Å². The Morgan fingerprint density at radius 2 is 1.83 bits per heavy atom. The van der Waals surface area contributed by atoms with Crippen LogP contribution in [0, 0.1) is 0 Å². The van der Waals surface area contributed by atoms with Crippen LogP contribution in [0.5, 0.6) is 11.5 Å². The average Bonchev–Trinajstić information content (AvgIpc) is 3.47. The molecule has 1 aliphatic heterocycles. The van der Waals surface area contributed by atoms with Crippen LogP contribution >= 0.6 is 22.9 Å². The van der Waals surface area contributed by atoms with E-state index < -0.39 is 17.8 Å². The standard InChI is InChI=1S/C28H29ClN4O8S/c1-38-18-4-5-19(20(29)14-18)22-16-42-28(31-22)32-27(37)17-3-6-23(41-15-25(35)33-9-11-40-12-10-33)21(13-17)30-24(34)7-8-26(36)39-2/h3-6,13-14,16H,7-12,15H2,1-2H3,(H,30,34)(H,31,32,37). The van der Waals surface area contributed by atoms with Crippen LogP contribution in [0.1, 0.15) is 23.2 Å². The van der Waals surface area contributed by atoms with Gasteiger partial charge in [0.25, 0.3) is 11.8 Å². The number of anilines is 2. The molecule has 0 unspecified atom stereocenters. The Kier molecular flexibility index (Phi) is 10.7. The van der Waals surface area contributed by atoms with Crippen molar-refractivity contribution in [3.63, 3.8) is 0 Å². The second-order valence-corrected chi connectivity index (χ2v) is 10.2. The van der Waals surface area contributed by atoms with Crippen LogP contribution < -0.4 is 20.1 Å². The summed E-state index contributed by atoms with van der Waals surface area (Å²) in [5, 5.41) is 7.95. The molecule has 0 saturated carbocycles. The van der Waals surface area contributed by atoms with Gasteiger partial charge in [0.15, 0.2) is 11.7 Å². The molecule has 14 heteroatoms. The molecule has 3 amide bonds. The number of thiazole rings is 1. The molecule has 42 heavy (non-hydrogen) atoms. The summed E-state index contributed by atoms with van der Waals surface area (Å²) in [6, 6.07) is 9.63. The highest BCUT2D eigenvalue weighted by Gasteiger charge is 2.20. The van der Waals surface area contributed by atoms with Gasteiger partial charge < -0.3 is 29.2 Å². The molecule has 0 spiro atoms. The molecule has 222 valence electrons. The average molecular weight is 617 g/mol. The summed E-state index contributed by atoms with van der Waals surface area (Å²) in [4.78, 5) is 55.8. The van der Waals surface area contributed by atoms with Gasteiger partial charge in [-0.15, -0.1) is 11.3 Å². The van der Waals surface area contributed by atoms with Crippen molar-refractivity contribution in [2.75, 3.05) is 57.8 Å². The number of morpholine rings is 1. The van der Waals surface area contributed by atoms with Crippen molar-refractivity contribution in [1.29, 1.82) is 0 Å². The first-order valence-corrected chi connectivity index (χ1v) is 14.1. The Bertz CT molecular complexity index is 1460. The summed E-state index contributed by atoms with van der Waals surface area (Å²) in [6.45, 7) is 1.55. The van der Waals surface area contributed by atoms with Crippen molar-refractivity contribution in [3.8, 4) is 22.8 Å². The van der Waals surface area contributed by atoms with Crippen LogP contribution in [0.4, 0.5) is 10.8 Å². The van der Waals surface area contributed by atoms with E-state index in [-0.39, 0.29) is 42.4 Å². The number of benzene rings is 2. The molecule has 4 rings (SSSR count). The van der Waals surface area contributed by atoms with Crippen molar-refractivity contribution in [3.05, 3.63) is 52.4 Å². The topological polar surface area (TPSA) is 145 Å². The number of carbonyl (C=O) groups is 4. The quantitative estimate of drug-likeness (QED) is 0.307. The fourth-order valence-electron chi connectivity index (χ4n) is 3.92. The van der Waals surface area contributed by atoms with Crippen molar-refractivity contribution in [2.24, 2.45) is 0 Å². The lowest BCUT2D eigenvalue weighted by Crippen LogP contribution is -2.43. The van der Waals surface area contributed by atoms with Crippen LogP contribution in [-0.2, 0) is 23.9 Å². The molecule has 2 N–H and O–H groups in total. The molecule has 0 aliphatic carbocycles. The number of hydrogen-bond donors (Lipinski definition) is 2. The first-order chi connectivity index (χ1) is 20.3. The van der Waals surface area contributed by atoms with Gasteiger partial charge in [-0.25, -0.2) is 4.98 Å². The summed E-state index contributed by atoms with van der Waals surface area (Å²) in [6.07, 6.45) is -0.274. The fourth-order valence-corrected chi connectivity index (χ4v) is 4.90. The lowest BCUT2D eigenvalue weighted by molar-refractivity contribution is -0.141. The van der Waals surface area contributed by atoms with Gasteiger partial charge in [-0.05, 0) is 36.4 Å². The number of esters is 1. The molecule has 3 aromatic rings. The van der Waals surface area contributed by atoms with E-state index in [0.29, 0.717) is 53.5 Å². The predicted molar refractivity (Wildman–Crippen MR) is 156 cm³/mol. The number of ether oxygens (including phenoxy) is 4. The smallest absolute Gasteiger partial charge is 0.306 e. The molecule has 0 radical (unpaired) electrons. The third-order valence-electron chi connectivity index (χ3n) is 6.19. The fraction of sp³-hybridized carbons (Fsp3) is 0.321. The lowest BCUT2D eigenvalue weighted by atomic mass is 10.1. The molecule has 2 heterocycles. The van der Waals surface area contributed by atoms with Gasteiger partial charge in [-0.2, -0.15) is 0 Å². The molecule has 12 nitrogen and oxygen atoms in total. The highest BCUT2D eigenvalue weighted by atomic mass is 35.5. The number of halogens is 1. The number of hydrogen-bond acceptors (Lipinski definition) is 10. The van der Waals surface area contributed by atoms with Crippen LogP contribution in [-0.4, -0.2) is 80.7 Å². The van der Waals surface area contributed by atoms with E-state index in [2.05, 4.69) is 20.4 Å². The van der Waals surface area contributed by atoms with Crippen molar-refractivity contribution < 1.29 is 38.1 Å². The Hall–Kier alpha value is -4.20. The van der Waals surface area contributed by atoms with Crippen molar-refractivity contribution in [1.82, 2.24) is 9.88 Å². The van der Waals surface area contributed by atoms with Crippen molar-refractivity contribution in [2.45, 2.75) is 12.8 Å². The molecular formula is C28H29ClN4O8S. The largest absolute Gasteiger partial charge is 0.497 e. The SMILES string of the molecule is COC(=O)CCC(=O)Nc1cc(C(=O)Nc2nc(-c3ccc(OC)cc3Cl)cs2)ccc1OCC(=O)N1CCOCC1. The monoisotopic (exact) mass is 616 g/mol. The Morgan fingerprint density at radius 3 is 2.55 bits per heavy atom. The maximum absolute atomic E-state index is 13.1. The molecule has 1 aliphatic rings. The molecule has 1 aromatic heterocycles. The number of carbonyl (C=O) groups excluding carboxylic acids is 4. The Morgan fingerprint density at radius 1 is 1.05 bits per heavy atom. The molecule has 2 aromatic carbocycles. The van der Waals surface area contributed by atoms with Gasteiger partial charge in [0.05, 0.1) is 50.3 Å². The highest BCUT2D eigenvalue weighted by molar-refractivity contribution is 7.14. The third kappa shape index (κ3) is 8.18. The first-order valence-electron chi connectivity index (χ1n) is 12.9. The minimum absolute atomic E-state index is 0.126. The summed E-state index contributed by atoms with van der Waals surface area (Å²) >= 11 is 7.58. The van der Waals surface area contributed by atoms with E-state index in [1.54, 1.807) is 35.6 Å². The van der Waals surface area contributed by atoms with Crippen molar-refractivity contribution >= 4 is 57.4 Å². The van der Waals surface area contributed by atoms with Crippen LogP contribution in [0.25, 0.3) is 11.3 Å². The minimum Gasteiger partial charge on any atom is -0.497 e. The zero-order chi connectivity index (χ0) is 30.1. The van der Waals surface area contributed by atoms with E-state index in [9.17, 15) is 19.2 Å². The van der Waals surface area contributed by atoms with Gasteiger partial charge in [-0.3, -0.25) is 24.5 Å². The van der Waals surface area contributed by atoms with Gasteiger partial charge in [0.2, 0.25) is 5.91 Å². The Labute approximate surface area is 250 Å². The molecule has 0 bridgehead atoms. The number of methoxy groups -OCH3 is 2. The number of nitrogens with one attached hydrogen (secondary N) is 2. The number of rotatable bonds is 11. The molecule has 1 fully saturated rings. The predicted octanol–water partition coefficient (Wildman–Crippen LogP) is 3.85. The van der Waals surface area contributed by atoms with Gasteiger partial charge >= 0.3 is 5.97 Å². The Balaban J connectivity index is 1.48. The van der Waals surface area contributed by atoms with Gasteiger partial charge in [-0.1, -0.05) is 11.6 Å².